The van der Waals surface area contributed by atoms with Crippen molar-refractivity contribution < 1.29 is 9.90 Å². The van der Waals surface area contributed by atoms with Gasteiger partial charge in [-0.3, -0.25) is 14.4 Å². The van der Waals surface area contributed by atoms with Gasteiger partial charge >= 0.3 is 0 Å². The maximum atomic E-state index is 13.0. The van der Waals surface area contributed by atoms with E-state index in [1.165, 1.54) is 0 Å². The van der Waals surface area contributed by atoms with E-state index in [4.69, 9.17) is 4.98 Å². The molecule has 0 radical (unpaired) electrons. The highest BCUT2D eigenvalue weighted by Gasteiger charge is 2.22. The molecule has 9 nitrogen and oxygen atoms in total. The Hall–Kier alpha value is -3.04. The van der Waals surface area contributed by atoms with Crippen LogP contribution in [0.15, 0.2) is 40.3 Å². The van der Waals surface area contributed by atoms with Crippen LogP contribution in [0.5, 0.6) is 0 Å². The van der Waals surface area contributed by atoms with Gasteiger partial charge < -0.3 is 15.4 Å². The molecule has 1 aromatic carbocycles. The number of carbonyl (C=O) groups excluding carboxylic acids is 1. The lowest BCUT2D eigenvalue weighted by molar-refractivity contribution is 0.0546. The summed E-state index contributed by atoms with van der Waals surface area (Å²) in [7, 11) is 1.88. The van der Waals surface area contributed by atoms with Crippen molar-refractivity contribution in [1.29, 1.82) is 0 Å². The van der Waals surface area contributed by atoms with Gasteiger partial charge in [0.05, 0.1) is 11.8 Å². The number of likely N-dealkylation sites (tertiary alicyclic amines) is 1. The van der Waals surface area contributed by atoms with E-state index in [1.54, 1.807) is 4.90 Å². The summed E-state index contributed by atoms with van der Waals surface area (Å²) in [6, 6.07) is 9.40. The number of hydrogen-bond acceptors (Lipinski definition) is 6. The number of aliphatic hydroxyl groups excluding tert-OH is 1. The number of rotatable bonds is 6. The number of amidine groups is 1. The molecule has 172 valence electrons. The number of amides is 1. The first kappa shape index (κ1) is 23.6. The first-order valence-electron chi connectivity index (χ1n) is 11.1. The van der Waals surface area contributed by atoms with Crippen LogP contribution in [0.25, 0.3) is 11.3 Å². The summed E-state index contributed by atoms with van der Waals surface area (Å²) >= 11 is 0. The largest absolute Gasteiger partial charge is 0.393 e. The zero-order valence-corrected chi connectivity index (χ0v) is 19.3. The third kappa shape index (κ3) is 5.80. The van der Waals surface area contributed by atoms with Crippen molar-refractivity contribution in [2.24, 2.45) is 17.0 Å². The second-order valence-electron chi connectivity index (χ2n) is 7.79. The lowest BCUT2D eigenvalue weighted by Crippen LogP contribution is -2.40. The normalized spacial score (nSPS) is 15.8. The number of hydrogen-bond donors (Lipinski definition) is 3. The summed E-state index contributed by atoms with van der Waals surface area (Å²) in [6.07, 6.45) is 0.919. The van der Waals surface area contributed by atoms with Gasteiger partial charge in [-0.25, -0.2) is 10.4 Å². The van der Waals surface area contributed by atoms with Crippen molar-refractivity contribution in [2.45, 2.75) is 39.7 Å². The van der Waals surface area contributed by atoms with Gasteiger partial charge in [0.15, 0.2) is 0 Å². The van der Waals surface area contributed by atoms with Crippen molar-refractivity contribution >= 4 is 17.7 Å². The van der Waals surface area contributed by atoms with E-state index in [0.29, 0.717) is 55.5 Å². The fourth-order valence-corrected chi connectivity index (χ4v) is 3.56. The Morgan fingerprint density at radius 1 is 1.25 bits per heavy atom. The van der Waals surface area contributed by atoms with Crippen molar-refractivity contribution in [2.75, 3.05) is 26.2 Å². The average molecular weight is 440 g/mol. The number of benzene rings is 1. The van der Waals surface area contributed by atoms with Crippen LogP contribution in [0.1, 0.15) is 44.0 Å². The molecule has 0 spiro atoms. The number of aromatic nitrogens is 2. The van der Waals surface area contributed by atoms with E-state index in [-0.39, 0.29) is 12.0 Å². The van der Waals surface area contributed by atoms with E-state index in [9.17, 15) is 9.90 Å². The van der Waals surface area contributed by atoms with Crippen molar-refractivity contribution in [3.63, 3.8) is 0 Å². The van der Waals surface area contributed by atoms with E-state index in [1.807, 2.05) is 62.7 Å². The van der Waals surface area contributed by atoms with Gasteiger partial charge in [0.25, 0.3) is 5.91 Å². The average Bonchev–Trinajstić information content (AvgIpc) is 2.80. The molecule has 1 aliphatic heterocycles. The molecule has 0 saturated carbocycles. The van der Waals surface area contributed by atoms with Crippen LogP contribution in [-0.2, 0) is 7.05 Å². The van der Waals surface area contributed by atoms with E-state index in [2.05, 4.69) is 20.8 Å². The number of nitrogens with zero attached hydrogens (tertiary/aromatic N) is 5. The Morgan fingerprint density at radius 3 is 2.69 bits per heavy atom. The molecule has 1 amide bonds. The summed E-state index contributed by atoms with van der Waals surface area (Å²) in [4.78, 5) is 28.7. The van der Waals surface area contributed by atoms with E-state index < -0.39 is 0 Å². The van der Waals surface area contributed by atoms with Gasteiger partial charge in [-0.05, 0) is 38.8 Å². The molecule has 2 heterocycles. The Morgan fingerprint density at radius 2 is 2.00 bits per heavy atom. The molecule has 0 atom stereocenters. The molecule has 2 aromatic rings. The van der Waals surface area contributed by atoms with Crippen molar-refractivity contribution in [3.8, 4) is 11.3 Å². The van der Waals surface area contributed by atoms with Gasteiger partial charge in [-0.15, -0.1) is 0 Å². The number of aliphatic hydroxyl groups is 1. The first-order valence-corrected chi connectivity index (χ1v) is 11.1. The van der Waals surface area contributed by atoms with Gasteiger partial charge in [0.1, 0.15) is 11.3 Å². The fraction of sp³-hybridized carbons (Fsp3) is 0.478. The van der Waals surface area contributed by atoms with Crippen molar-refractivity contribution in [3.05, 3.63) is 41.4 Å². The quantitative estimate of drug-likeness (QED) is 0.361. The van der Waals surface area contributed by atoms with Crippen LogP contribution in [0.3, 0.4) is 0 Å². The molecule has 3 rings (SSSR count). The Kier molecular flexibility index (Phi) is 8.13. The van der Waals surface area contributed by atoms with Crippen LogP contribution in [-0.4, -0.2) is 63.6 Å². The summed E-state index contributed by atoms with van der Waals surface area (Å²) in [6.45, 7) is 8.38. The zero-order chi connectivity index (χ0) is 23.1. The molecule has 0 aliphatic carbocycles. The van der Waals surface area contributed by atoms with E-state index in [0.717, 1.165) is 17.6 Å². The minimum absolute atomic E-state index is 0.0253. The van der Waals surface area contributed by atoms with E-state index >= 15 is 0 Å². The highest BCUT2D eigenvalue weighted by Crippen LogP contribution is 2.21. The maximum absolute atomic E-state index is 13.0. The molecule has 1 fully saturated rings. The van der Waals surface area contributed by atoms with Crippen LogP contribution in [0, 0.1) is 0 Å². The summed E-state index contributed by atoms with van der Waals surface area (Å²) in [5.74, 6) is 1.17. The minimum Gasteiger partial charge on any atom is -0.393 e. The second kappa shape index (κ2) is 11.0. The zero-order valence-electron chi connectivity index (χ0n) is 19.3. The molecular formula is C23H33N7O2. The number of hydrazine groups is 1. The Labute approximate surface area is 188 Å². The summed E-state index contributed by atoms with van der Waals surface area (Å²) in [5, 5.41) is 9.72. The summed E-state index contributed by atoms with van der Waals surface area (Å²) < 4.78 is 1.85. The predicted molar refractivity (Wildman–Crippen MR) is 125 cm³/mol. The van der Waals surface area contributed by atoms with Gasteiger partial charge in [-0.1, -0.05) is 19.1 Å². The molecule has 1 aliphatic rings. The van der Waals surface area contributed by atoms with Crippen LogP contribution in [0.2, 0.25) is 0 Å². The standard InChI is InChI=1S/C23H33N7O2/c1-5-24-21-15-20(27-23(29(21)4)26-16(3)28-25-6-2)17-8-7-9-18(14-17)22(32)30-12-10-19(31)11-13-30/h7-9,14-15,19,25,31H,5-6,10-13H2,1-4H3,(H,26,27,28). The monoisotopic (exact) mass is 439 g/mol. The molecule has 9 heteroatoms. The van der Waals surface area contributed by atoms with Crippen LogP contribution in [0.4, 0.5) is 5.95 Å². The maximum Gasteiger partial charge on any atom is 0.253 e. The Bertz CT molecular complexity index is 1040. The smallest absolute Gasteiger partial charge is 0.253 e. The van der Waals surface area contributed by atoms with Gasteiger partial charge in [-0.2, -0.15) is 4.99 Å². The summed E-state index contributed by atoms with van der Waals surface area (Å²) in [5.41, 5.74) is 8.96. The lowest BCUT2D eigenvalue weighted by Gasteiger charge is -2.29. The van der Waals surface area contributed by atoms with Crippen molar-refractivity contribution in [1.82, 2.24) is 25.3 Å². The third-order valence-corrected chi connectivity index (χ3v) is 5.32. The molecule has 1 saturated heterocycles. The second-order valence-corrected chi connectivity index (χ2v) is 7.79. The number of nitrogens with one attached hydrogen (secondary N) is 2. The minimum atomic E-state index is -0.315. The number of aliphatic imine (C=N–C) groups is 1. The third-order valence-electron chi connectivity index (χ3n) is 5.32. The van der Waals surface area contributed by atoms with Crippen LogP contribution >= 0.6 is 0 Å². The lowest BCUT2D eigenvalue weighted by atomic mass is 10.0. The molecule has 0 unspecified atom stereocenters. The highest BCUT2D eigenvalue weighted by molar-refractivity contribution is 5.95. The first-order chi connectivity index (χ1) is 15.4. The predicted octanol–water partition coefficient (Wildman–Crippen LogP) is 1.77. The van der Waals surface area contributed by atoms with Gasteiger partial charge in [0.2, 0.25) is 5.95 Å². The SMILES string of the molecule is CCN=c1cc(-c2cccc(C(=O)N3CCC(O)CC3)c2)nc(/N=C(\C)NNCC)n1C. The number of carbonyl (C=O) groups is 1. The number of piperidine rings is 1. The highest BCUT2D eigenvalue weighted by atomic mass is 16.3. The molecule has 3 N–H and O–H groups in total. The molecule has 32 heavy (non-hydrogen) atoms. The molecule has 0 bridgehead atoms. The topological polar surface area (TPSA) is 107 Å². The molecular weight excluding hydrogens is 406 g/mol. The Balaban J connectivity index is 1.97. The fourth-order valence-electron chi connectivity index (χ4n) is 3.56. The molecule has 1 aromatic heterocycles. The van der Waals surface area contributed by atoms with Crippen LogP contribution < -0.4 is 16.3 Å². The van der Waals surface area contributed by atoms with Gasteiger partial charge in [0, 0.05) is 50.4 Å².